The number of aromatic nitrogens is 1. The summed E-state index contributed by atoms with van der Waals surface area (Å²) in [7, 11) is 2.18. The molecule has 0 unspecified atom stereocenters. The van der Waals surface area contributed by atoms with E-state index in [1.54, 1.807) is 6.20 Å². The van der Waals surface area contributed by atoms with Crippen LogP contribution in [-0.4, -0.2) is 48.2 Å². The van der Waals surface area contributed by atoms with Gasteiger partial charge in [0.15, 0.2) is 5.11 Å². The Balaban J connectivity index is 1.50. The number of piperazine rings is 1. The fourth-order valence-electron chi connectivity index (χ4n) is 2.84. The van der Waals surface area contributed by atoms with Gasteiger partial charge in [-0.1, -0.05) is 18.2 Å². The van der Waals surface area contributed by atoms with Crippen molar-refractivity contribution in [2.24, 2.45) is 0 Å². The Kier molecular flexibility index (Phi) is 5.83. The van der Waals surface area contributed by atoms with Crippen LogP contribution in [0.5, 0.6) is 0 Å². The average molecular weight is 356 g/mol. The van der Waals surface area contributed by atoms with Crippen molar-refractivity contribution in [1.29, 1.82) is 0 Å². The summed E-state index contributed by atoms with van der Waals surface area (Å²) in [5, 5.41) is 6.97. The van der Waals surface area contributed by atoms with Crippen LogP contribution in [0.15, 0.2) is 42.6 Å². The number of likely N-dealkylation sites (N-methyl/N-ethyl adjacent to an activating group) is 1. The highest BCUT2D eigenvalue weighted by Crippen LogP contribution is 2.17. The van der Waals surface area contributed by atoms with Crippen molar-refractivity contribution in [2.45, 2.75) is 13.5 Å². The fourth-order valence-corrected chi connectivity index (χ4v) is 3.01. The molecule has 1 aromatic heterocycles. The molecule has 0 atom stereocenters. The summed E-state index contributed by atoms with van der Waals surface area (Å²) in [6, 6.07) is 12.6. The van der Waals surface area contributed by atoms with Gasteiger partial charge in [0.2, 0.25) is 0 Å². The van der Waals surface area contributed by atoms with Crippen molar-refractivity contribution in [3.05, 3.63) is 53.7 Å². The molecule has 132 valence electrons. The van der Waals surface area contributed by atoms with Crippen LogP contribution >= 0.6 is 12.2 Å². The van der Waals surface area contributed by atoms with Gasteiger partial charge in [-0.15, -0.1) is 0 Å². The highest BCUT2D eigenvalue weighted by Gasteiger charge is 2.13. The van der Waals surface area contributed by atoms with E-state index in [4.69, 9.17) is 12.2 Å². The van der Waals surface area contributed by atoms with E-state index < -0.39 is 0 Å². The Morgan fingerprint density at radius 1 is 1.12 bits per heavy atom. The van der Waals surface area contributed by atoms with E-state index >= 15 is 0 Å². The Hall–Kier alpha value is -2.18. The van der Waals surface area contributed by atoms with Gasteiger partial charge in [0.05, 0.1) is 0 Å². The first kappa shape index (κ1) is 17.6. The second kappa shape index (κ2) is 8.27. The van der Waals surface area contributed by atoms with E-state index in [0.717, 1.165) is 37.6 Å². The molecule has 0 saturated carbocycles. The standard InChI is InChI=1S/C19H25N5S/c1-15-4-3-9-20-18(15)22-19(25)21-14-16-5-7-17(8-6-16)24-12-10-23(2)11-13-24/h3-9H,10-14H2,1-2H3,(H2,20,21,22,25). The maximum atomic E-state index is 5.36. The van der Waals surface area contributed by atoms with E-state index in [1.165, 1.54) is 11.3 Å². The average Bonchev–Trinajstić information content (AvgIpc) is 2.63. The molecule has 25 heavy (non-hydrogen) atoms. The number of pyridine rings is 1. The molecular weight excluding hydrogens is 330 g/mol. The monoisotopic (exact) mass is 355 g/mol. The summed E-state index contributed by atoms with van der Waals surface area (Å²) < 4.78 is 0. The van der Waals surface area contributed by atoms with Crippen LogP contribution in [0.2, 0.25) is 0 Å². The SMILES string of the molecule is Cc1cccnc1NC(=S)NCc1ccc(N2CCN(C)CC2)cc1. The molecule has 1 saturated heterocycles. The number of aryl methyl sites for hydroxylation is 1. The number of thiocarbonyl (C=S) groups is 1. The summed E-state index contributed by atoms with van der Waals surface area (Å²) >= 11 is 5.36. The number of benzene rings is 1. The largest absolute Gasteiger partial charge is 0.369 e. The van der Waals surface area contributed by atoms with E-state index in [9.17, 15) is 0 Å². The summed E-state index contributed by atoms with van der Waals surface area (Å²) in [5.41, 5.74) is 3.57. The molecule has 1 aromatic carbocycles. The molecular formula is C19H25N5S. The van der Waals surface area contributed by atoms with Gasteiger partial charge in [-0.2, -0.15) is 0 Å². The minimum atomic E-state index is 0.588. The summed E-state index contributed by atoms with van der Waals surface area (Å²) in [6.45, 7) is 7.12. The number of nitrogens with one attached hydrogen (secondary N) is 2. The highest BCUT2D eigenvalue weighted by molar-refractivity contribution is 7.80. The number of hydrogen-bond acceptors (Lipinski definition) is 4. The highest BCUT2D eigenvalue weighted by atomic mass is 32.1. The zero-order valence-corrected chi connectivity index (χ0v) is 15.6. The van der Waals surface area contributed by atoms with Gasteiger partial charge < -0.3 is 20.4 Å². The van der Waals surface area contributed by atoms with Crippen LogP contribution in [0.4, 0.5) is 11.5 Å². The topological polar surface area (TPSA) is 43.4 Å². The molecule has 0 spiro atoms. The molecule has 2 aromatic rings. The van der Waals surface area contributed by atoms with Crippen molar-refractivity contribution in [3.63, 3.8) is 0 Å². The molecule has 6 heteroatoms. The number of hydrogen-bond donors (Lipinski definition) is 2. The van der Waals surface area contributed by atoms with Crippen molar-refractivity contribution in [3.8, 4) is 0 Å². The van der Waals surface area contributed by atoms with E-state index in [-0.39, 0.29) is 0 Å². The lowest BCUT2D eigenvalue weighted by molar-refractivity contribution is 0.313. The third-order valence-electron chi connectivity index (χ3n) is 4.50. The van der Waals surface area contributed by atoms with Gasteiger partial charge in [0, 0.05) is 44.6 Å². The molecule has 2 N–H and O–H groups in total. The second-order valence-electron chi connectivity index (χ2n) is 6.43. The zero-order valence-electron chi connectivity index (χ0n) is 14.8. The Morgan fingerprint density at radius 2 is 1.84 bits per heavy atom. The van der Waals surface area contributed by atoms with Crippen LogP contribution < -0.4 is 15.5 Å². The first-order chi connectivity index (χ1) is 12.1. The summed E-state index contributed by atoms with van der Waals surface area (Å²) in [4.78, 5) is 9.10. The molecule has 0 aliphatic carbocycles. The second-order valence-corrected chi connectivity index (χ2v) is 6.84. The predicted molar refractivity (Wildman–Crippen MR) is 108 cm³/mol. The van der Waals surface area contributed by atoms with Gasteiger partial charge in [0.1, 0.15) is 5.82 Å². The van der Waals surface area contributed by atoms with Crippen LogP contribution in [-0.2, 0) is 6.54 Å². The zero-order chi connectivity index (χ0) is 17.6. The molecule has 1 aliphatic heterocycles. The number of nitrogens with zero attached hydrogens (tertiary/aromatic N) is 3. The predicted octanol–water partition coefficient (Wildman–Crippen LogP) is 2.63. The van der Waals surface area contributed by atoms with Gasteiger partial charge in [-0.25, -0.2) is 4.98 Å². The minimum absolute atomic E-state index is 0.588. The smallest absolute Gasteiger partial charge is 0.172 e. The molecule has 5 nitrogen and oxygen atoms in total. The molecule has 0 radical (unpaired) electrons. The maximum absolute atomic E-state index is 5.36. The molecule has 0 amide bonds. The van der Waals surface area contributed by atoms with Crippen molar-refractivity contribution in [1.82, 2.24) is 15.2 Å². The lowest BCUT2D eigenvalue weighted by atomic mass is 10.2. The number of anilines is 2. The summed E-state index contributed by atoms with van der Waals surface area (Å²) in [5.74, 6) is 0.797. The van der Waals surface area contributed by atoms with Crippen LogP contribution in [0, 0.1) is 6.92 Å². The molecule has 2 heterocycles. The fraction of sp³-hybridized carbons (Fsp3) is 0.368. The van der Waals surface area contributed by atoms with Crippen LogP contribution in [0.1, 0.15) is 11.1 Å². The van der Waals surface area contributed by atoms with E-state index in [0.29, 0.717) is 11.7 Å². The minimum Gasteiger partial charge on any atom is -0.369 e. The lowest BCUT2D eigenvalue weighted by Crippen LogP contribution is -2.44. The van der Waals surface area contributed by atoms with Crippen molar-refractivity contribution in [2.75, 3.05) is 43.4 Å². The molecule has 1 fully saturated rings. The van der Waals surface area contributed by atoms with Crippen molar-refractivity contribution >= 4 is 28.8 Å². The Bertz CT molecular complexity index is 708. The molecule has 0 bridgehead atoms. The van der Waals surface area contributed by atoms with Gasteiger partial charge in [-0.05, 0) is 55.5 Å². The van der Waals surface area contributed by atoms with Gasteiger partial charge in [-0.3, -0.25) is 0 Å². The maximum Gasteiger partial charge on any atom is 0.172 e. The molecule has 3 rings (SSSR count). The van der Waals surface area contributed by atoms with Crippen LogP contribution in [0.3, 0.4) is 0 Å². The van der Waals surface area contributed by atoms with Crippen molar-refractivity contribution < 1.29 is 0 Å². The first-order valence-corrected chi connectivity index (χ1v) is 9.01. The Morgan fingerprint density at radius 3 is 2.52 bits per heavy atom. The van der Waals surface area contributed by atoms with Crippen LogP contribution in [0.25, 0.3) is 0 Å². The normalized spacial score (nSPS) is 15.0. The van der Waals surface area contributed by atoms with E-state index in [1.807, 2.05) is 19.1 Å². The van der Waals surface area contributed by atoms with Gasteiger partial charge in [0.25, 0.3) is 0 Å². The lowest BCUT2D eigenvalue weighted by Gasteiger charge is -2.34. The van der Waals surface area contributed by atoms with E-state index in [2.05, 4.69) is 56.7 Å². The third-order valence-corrected chi connectivity index (χ3v) is 4.75. The number of rotatable bonds is 4. The summed E-state index contributed by atoms with van der Waals surface area (Å²) in [6.07, 6.45) is 1.76. The molecule has 1 aliphatic rings. The third kappa shape index (κ3) is 4.90. The first-order valence-electron chi connectivity index (χ1n) is 8.61. The van der Waals surface area contributed by atoms with Gasteiger partial charge >= 0.3 is 0 Å². The Labute approximate surface area is 155 Å². The quantitative estimate of drug-likeness (QED) is 0.822.